The molecule has 0 spiro atoms. The summed E-state index contributed by atoms with van der Waals surface area (Å²) in [6.45, 7) is 2.25. The van der Waals surface area contributed by atoms with Gasteiger partial charge >= 0.3 is 0 Å². The standard InChI is InChI=1S/C27H34F4/c1-2-3-4-5-6-7-17-8-9-19-13-20(11-10-18(19)12-17)21-14-22-16-24(29)26(30)27(31)25(22)23(28)15-21/h14-20H,2-13H2,1H3. The minimum absolute atomic E-state index is 0.111. The highest BCUT2D eigenvalue weighted by molar-refractivity contribution is 5.84. The molecule has 4 rings (SSSR count). The zero-order valence-electron chi connectivity index (χ0n) is 18.5. The Hall–Kier alpha value is -1.58. The lowest BCUT2D eigenvalue weighted by atomic mass is 9.63. The van der Waals surface area contributed by atoms with Crippen molar-refractivity contribution in [3.05, 3.63) is 47.0 Å². The van der Waals surface area contributed by atoms with E-state index in [9.17, 15) is 17.6 Å². The van der Waals surface area contributed by atoms with Gasteiger partial charge in [0.25, 0.3) is 0 Å². The fraction of sp³-hybridized carbons (Fsp3) is 0.630. The van der Waals surface area contributed by atoms with Gasteiger partial charge in [-0.05, 0) is 78.9 Å². The zero-order valence-corrected chi connectivity index (χ0v) is 18.5. The van der Waals surface area contributed by atoms with Crippen LogP contribution in [0.4, 0.5) is 17.6 Å². The van der Waals surface area contributed by atoms with Gasteiger partial charge in [-0.15, -0.1) is 0 Å². The van der Waals surface area contributed by atoms with Crippen LogP contribution in [-0.4, -0.2) is 0 Å². The van der Waals surface area contributed by atoms with Crippen LogP contribution in [0.2, 0.25) is 0 Å². The first kappa shape index (κ1) is 22.6. The largest absolute Gasteiger partial charge is 0.206 e. The Bertz CT molecular complexity index is 906. The molecule has 0 aromatic heterocycles. The van der Waals surface area contributed by atoms with Gasteiger partial charge in [0.15, 0.2) is 17.5 Å². The average Bonchev–Trinajstić information content (AvgIpc) is 2.76. The van der Waals surface area contributed by atoms with E-state index in [4.69, 9.17) is 0 Å². The normalized spacial score (nSPS) is 26.2. The van der Waals surface area contributed by atoms with Gasteiger partial charge in [-0.2, -0.15) is 0 Å². The van der Waals surface area contributed by atoms with Crippen LogP contribution in [0.1, 0.15) is 95.5 Å². The molecule has 0 heterocycles. The van der Waals surface area contributed by atoms with Crippen LogP contribution in [0.15, 0.2) is 18.2 Å². The summed E-state index contributed by atoms with van der Waals surface area (Å²) >= 11 is 0. The van der Waals surface area contributed by atoms with Gasteiger partial charge in [-0.1, -0.05) is 57.9 Å². The smallest absolute Gasteiger partial charge is 0.195 e. The molecule has 2 aromatic rings. The molecule has 0 saturated heterocycles. The van der Waals surface area contributed by atoms with Crippen LogP contribution in [-0.2, 0) is 0 Å². The highest BCUT2D eigenvalue weighted by Gasteiger charge is 2.36. The lowest BCUT2D eigenvalue weighted by Gasteiger charge is -2.42. The Balaban J connectivity index is 1.40. The van der Waals surface area contributed by atoms with Gasteiger partial charge < -0.3 is 0 Å². The fourth-order valence-corrected chi connectivity index (χ4v) is 6.23. The summed E-state index contributed by atoms with van der Waals surface area (Å²) in [6, 6.07) is 3.92. The molecular weight excluding hydrogens is 400 g/mol. The van der Waals surface area contributed by atoms with E-state index in [-0.39, 0.29) is 11.3 Å². The van der Waals surface area contributed by atoms with E-state index in [0.29, 0.717) is 5.92 Å². The molecule has 170 valence electrons. The Morgan fingerprint density at radius 3 is 2.29 bits per heavy atom. The molecule has 0 bridgehead atoms. The number of halogens is 4. The number of rotatable bonds is 7. The van der Waals surface area contributed by atoms with Crippen molar-refractivity contribution in [3.63, 3.8) is 0 Å². The van der Waals surface area contributed by atoms with Crippen LogP contribution in [0.3, 0.4) is 0 Å². The maximum absolute atomic E-state index is 14.6. The van der Waals surface area contributed by atoms with Crippen molar-refractivity contribution in [2.45, 2.75) is 89.9 Å². The van der Waals surface area contributed by atoms with Crippen LogP contribution >= 0.6 is 0 Å². The molecule has 0 aliphatic heterocycles. The molecule has 4 atom stereocenters. The van der Waals surface area contributed by atoms with Crippen molar-refractivity contribution in [1.29, 1.82) is 0 Å². The molecule has 0 amide bonds. The highest BCUT2D eigenvalue weighted by Crippen LogP contribution is 2.49. The molecule has 2 aliphatic carbocycles. The van der Waals surface area contributed by atoms with E-state index in [2.05, 4.69) is 6.92 Å². The summed E-state index contributed by atoms with van der Waals surface area (Å²) in [4.78, 5) is 0. The van der Waals surface area contributed by atoms with Gasteiger partial charge in [0, 0.05) is 0 Å². The predicted octanol–water partition coefficient (Wildman–Crippen LogP) is 9.06. The first-order valence-corrected chi connectivity index (χ1v) is 12.2. The fourth-order valence-electron chi connectivity index (χ4n) is 6.23. The summed E-state index contributed by atoms with van der Waals surface area (Å²) in [5.41, 5.74) is 0.798. The molecule has 2 aromatic carbocycles. The lowest BCUT2D eigenvalue weighted by molar-refractivity contribution is 0.113. The summed E-state index contributed by atoms with van der Waals surface area (Å²) in [5, 5.41) is -0.337. The van der Waals surface area contributed by atoms with E-state index >= 15 is 0 Å². The summed E-state index contributed by atoms with van der Waals surface area (Å²) in [5.74, 6) is -2.61. The molecule has 0 nitrogen and oxygen atoms in total. The Morgan fingerprint density at radius 1 is 0.742 bits per heavy atom. The first-order valence-electron chi connectivity index (χ1n) is 12.2. The third kappa shape index (κ3) is 4.93. The zero-order chi connectivity index (χ0) is 22.0. The monoisotopic (exact) mass is 434 g/mol. The van der Waals surface area contributed by atoms with Crippen molar-refractivity contribution in [1.82, 2.24) is 0 Å². The molecule has 4 unspecified atom stereocenters. The first-order chi connectivity index (χ1) is 15.0. The topological polar surface area (TPSA) is 0 Å². The lowest BCUT2D eigenvalue weighted by Crippen LogP contribution is -2.30. The van der Waals surface area contributed by atoms with Crippen LogP contribution < -0.4 is 0 Å². The second kappa shape index (κ2) is 9.92. The van der Waals surface area contributed by atoms with Crippen molar-refractivity contribution >= 4 is 10.8 Å². The predicted molar refractivity (Wildman–Crippen MR) is 118 cm³/mol. The SMILES string of the molecule is CCCCCCCC1CCC2CC(c3cc(F)c4c(F)c(F)c(F)cc4c3)CCC2C1. The van der Waals surface area contributed by atoms with Crippen molar-refractivity contribution in [3.8, 4) is 0 Å². The molecule has 2 saturated carbocycles. The third-order valence-corrected chi connectivity index (χ3v) is 7.96. The van der Waals surface area contributed by atoms with E-state index in [1.165, 1.54) is 63.9 Å². The van der Waals surface area contributed by atoms with Crippen LogP contribution in [0, 0.1) is 41.0 Å². The molecule has 4 heteroatoms. The second-order valence-electron chi connectivity index (χ2n) is 10.00. The minimum atomic E-state index is -1.61. The van der Waals surface area contributed by atoms with E-state index in [1.807, 2.05) is 0 Å². The second-order valence-corrected chi connectivity index (χ2v) is 10.00. The highest BCUT2D eigenvalue weighted by atomic mass is 19.2. The van der Waals surface area contributed by atoms with Crippen molar-refractivity contribution in [2.24, 2.45) is 17.8 Å². The number of hydrogen-bond acceptors (Lipinski definition) is 0. The molecule has 31 heavy (non-hydrogen) atoms. The summed E-state index contributed by atoms with van der Waals surface area (Å²) < 4.78 is 55.9. The molecule has 0 radical (unpaired) electrons. The van der Waals surface area contributed by atoms with E-state index in [0.717, 1.165) is 42.7 Å². The van der Waals surface area contributed by atoms with Gasteiger partial charge in [-0.3, -0.25) is 0 Å². The molecule has 2 aliphatic rings. The molecular formula is C27H34F4. The van der Waals surface area contributed by atoms with E-state index < -0.39 is 28.7 Å². The third-order valence-electron chi connectivity index (χ3n) is 7.96. The quantitative estimate of drug-likeness (QED) is 0.232. The maximum atomic E-state index is 14.6. The summed E-state index contributed by atoms with van der Waals surface area (Å²) in [6.07, 6.45) is 15.1. The molecule has 2 fully saturated rings. The Labute approximate surface area is 183 Å². The molecule has 0 N–H and O–H groups in total. The van der Waals surface area contributed by atoms with Gasteiger partial charge in [-0.25, -0.2) is 17.6 Å². The number of hydrogen-bond donors (Lipinski definition) is 0. The van der Waals surface area contributed by atoms with Gasteiger partial charge in [0.05, 0.1) is 5.39 Å². The number of fused-ring (bicyclic) bond motifs is 2. The number of benzene rings is 2. The van der Waals surface area contributed by atoms with Gasteiger partial charge in [0.1, 0.15) is 5.82 Å². The Morgan fingerprint density at radius 2 is 1.48 bits per heavy atom. The van der Waals surface area contributed by atoms with Crippen molar-refractivity contribution in [2.75, 3.05) is 0 Å². The maximum Gasteiger partial charge on any atom is 0.195 e. The summed E-state index contributed by atoms with van der Waals surface area (Å²) in [7, 11) is 0. The van der Waals surface area contributed by atoms with Crippen LogP contribution in [0.5, 0.6) is 0 Å². The number of unbranched alkanes of at least 4 members (excludes halogenated alkanes) is 4. The van der Waals surface area contributed by atoms with Crippen molar-refractivity contribution < 1.29 is 17.6 Å². The van der Waals surface area contributed by atoms with E-state index in [1.54, 1.807) is 6.07 Å². The average molecular weight is 435 g/mol. The van der Waals surface area contributed by atoms with Crippen LogP contribution in [0.25, 0.3) is 10.8 Å². The minimum Gasteiger partial charge on any atom is -0.206 e. The Kier molecular flexibility index (Phi) is 7.23. The van der Waals surface area contributed by atoms with Gasteiger partial charge in [0.2, 0.25) is 0 Å².